The maximum atomic E-state index is 5.34. The zero-order valence-electron chi connectivity index (χ0n) is 29.0. The quantitative estimate of drug-likeness (QED) is 0.125. The van der Waals surface area contributed by atoms with Gasteiger partial charge in [-0.05, 0) is 91.9 Å². The van der Waals surface area contributed by atoms with Gasteiger partial charge in [-0.1, -0.05) is 182 Å². The van der Waals surface area contributed by atoms with Gasteiger partial charge >= 0.3 is 0 Å². The zero-order chi connectivity index (χ0) is 35.1. The van der Waals surface area contributed by atoms with Crippen molar-refractivity contribution in [2.45, 2.75) is 0 Å². The monoisotopic (exact) mass is 691 g/mol. The molecule has 0 fully saturated rings. The van der Waals surface area contributed by atoms with Crippen LogP contribution < -0.4 is 15.9 Å². The molecule has 0 amide bonds. The van der Waals surface area contributed by atoms with Gasteiger partial charge in [0.2, 0.25) is 0 Å². The lowest BCUT2D eigenvalue weighted by molar-refractivity contribution is 1.43. The van der Waals surface area contributed by atoms with E-state index in [4.69, 9.17) is 4.98 Å². The Morgan fingerprint density at radius 2 is 0.906 bits per heavy atom. The Bertz CT molecular complexity index is 2890. The van der Waals surface area contributed by atoms with Crippen molar-refractivity contribution in [1.29, 1.82) is 0 Å². The van der Waals surface area contributed by atoms with Crippen molar-refractivity contribution in [2.75, 3.05) is 0 Å². The van der Waals surface area contributed by atoms with Crippen LogP contribution in [0, 0.1) is 0 Å². The van der Waals surface area contributed by atoms with E-state index in [-0.39, 0.29) is 0 Å². The molecule has 0 aliphatic carbocycles. The van der Waals surface area contributed by atoms with Crippen molar-refractivity contribution in [3.05, 3.63) is 206 Å². The molecular weight excluding hydrogens is 658 g/mol. The average molecular weight is 692 g/mol. The van der Waals surface area contributed by atoms with E-state index in [9.17, 15) is 0 Å². The van der Waals surface area contributed by atoms with Crippen LogP contribution in [0.5, 0.6) is 0 Å². The fourth-order valence-electron chi connectivity index (χ4n) is 7.88. The minimum atomic E-state index is -0.683. The summed E-state index contributed by atoms with van der Waals surface area (Å²) < 4.78 is 0. The molecule has 10 rings (SSSR count). The number of fused-ring (bicyclic) bond motifs is 6. The number of hydrogen-bond acceptors (Lipinski definition) is 1. The molecular formula is C51H34NP. The van der Waals surface area contributed by atoms with Crippen LogP contribution in [0.25, 0.3) is 76.7 Å². The molecule has 0 unspecified atom stereocenters. The van der Waals surface area contributed by atoms with Crippen molar-refractivity contribution in [3.63, 3.8) is 0 Å². The van der Waals surface area contributed by atoms with E-state index in [0.717, 1.165) is 16.8 Å². The van der Waals surface area contributed by atoms with E-state index in [1.165, 1.54) is 75.9 Å². The highest BCUT2D eigenvalue weighted by Crippen LogP contribution is 2.42. The number of nitrogens with zero attached hydrogens (tertiary/aromatic N) is 1. The molecule has 2 heteroatoms. The molecule has 53 heavy (non-hydrogen) atoms. The van der Waals surface area contributed by atoms with Gasteiger partial charge in [-0.25, -0.2) is 4.98 Å². The Morgan fingerprint density at radius 1 is 0.321 bits per heavy atom. The lowest BCUT2D eigenvalue weighted by Crippen LogP contribution is -2.20. The summed E-state index contributed by atoms with van der Waals surface area (Å²) in [5, 5.41) is 12.6. The summed E-state index contributed by atoms with van der Waals surface area (Å²) >= 11 is 0. The first-order valence-corrected chi connectivity index (χ1v) is 19.5. The third-order valence-electron chi connectivity index (χ3n) is 10.4. The normalized spacial score (nSPS) is 11.6. The number of hydrogen-bond donors (Lipinski definition) is 0. The van der Waals surface area contributed by atoms with Crippen LogP contribution >= 0.6 is 7.92 Å². The van der Waals surface area contributed by atoms with Gasteiger partial charge in [0.1, 0.15) is 0 Å². The highest BCUT2D eigenvalue weighted by atomic mass is 31.1. The van der Waals surface area contributed by atoms with Crippen LogP contribution in [0.2, 0.25) is 0 Å². The zero-order valence-corrected chi connectivity index (χ0v) is 29.9. The van der Waals surface area contributed by atoms with Gasteiger partial charge in [-0.2, -0.15) is 0 Å². The minimum absolute atomic E-state index is 0.683. The van der Waals surface area contributed by atoms with Crippen LogP contribution in [0.1, 0.15) is 0 Å². The summed E-state index contributed by atoms with van der Waals surface area (Å²) in [6.07, 6.45) is 0. The molecule has 0 saturated carbocycles. The van der Waals surface area contributed by atoms with Crippen molar-refractivity contribution in [2.24, 2.45) is 0 Å². The third-order valence-corrected chi connectivity index (χ3v) is 12.8. The lowest BCUT2D eigenvalue weighted by Gasteiger charge is -2.20. The topological polar surface area (TPSA) is 12.9 Å². The van der Waals surface area contributed by atoms with Gasteiger partial charge in [0, 0.05) is 21.7 Å². The molecule has 10 aromatic rings. The van der Waals surface area contributed by atoms with E-state index >= 15 is 0 Å². The molecule has 1 heterocycles. The SMILES string of the molecule is c1ccc(P(c2ccccc2)c2cccc(-c3ccc(-c4cc5c(-c6ccc7ccccc7c6)nc6ccccc6c5c5ccccc45)cc3)c2)cc1. The van der Waals surface area contributed by atoms with E-state index < -0.39 is 7.92 Å². The molecule has 9 aromatic carbocycles. The molecule has 0 N–H and O–H groups in total. The maximum absolute atomic E-state index is 5.34. The van der Waals surface area contributed by atoms with Crippen LogP contribution in [0.15, 0.2) is 206 Å². The van der Waals surface area contributed by atoms with Crippen LogP contribution in [-0.2, 0) is 0 Å². The highest BCUT2D eigenvalue weighted by molar-refractivity contribution is 7.79. The number of para-hydroxylation sites is 1. The summed E-state index contributed by atoms with van der Waals surface area (Å²) in [6.45, 7) is 0. The molecule has 0 radical (unpaired) electrons. The van der Waals surface area contributed by atoms with Crippen molar-refractivity contribution in [3.8, 4) is 33.5 Å². The Morgan fingerprint density at radius 3 is 1.66 bits per heavy atom. The molecule has 0 spiro atoms. The van der Waals surface area contributed by atoms with Crippen molar-refractivity contribution in [1.82, 2.24) is 4.98 Å². The van der Waals surface area contributed by atoms with Gasteiger partial charge in [-0.15, -0.1) is 0 Å². The number of pyridine rings is 1. The van der Waals surface area contributed by atoms with Gasteiger partial charge in [-0.3, -0.25) is 0 Å². The standard InChI is InChI=1S/C51H34NP/c1-3-17-41(18-4-1)53(42-19-5-2-6-20-42)43-21-13-16-39(33-43)36-26-29-37(30-27-36)47-34-48-50(45-23-10-9-22-44(45)47)46-24-11-12-25-49(46)52-51(48)40-31-28-35-14-7-8-15-38(35)32-40/h1-34H. The second-order valence-corrected chi connectivity index (χ2v) is 15.8. The average Bonchev–Trinajstić information content (AvgIpc) is 3.24. The van der Waals surface area contributed by atoms with Crippen LogP contribution in [0.3, 0.4) is 0 Å². The molecule has 0 bridgehead atoms. The lowest BCUT2D eigenvalue weighted by atomic mass is 9.89. The second-order valence-electron chi connectivity index (χ2n) is 13.6. The predicted molar refractivity (Wildman–Crippen MR) is 229 cm³/mol. The summed E-state index contributed by atoms with van der Waals surface area (Å²) in [5.41, 5.74) is 7.99. The molecule has 0 aliphatic rings. The van der Waals surface area contributed by atoms with Crippen LogP contribution in [0.4, 0.5) is 0 Å². The Hall–Kier alpha value is -6.40. The fraction of sp³-hybridized carbons (Fsp3) is 0. The van der Waals surface area contributed by atoms with E-state index in [1.807, 2.05) is 0 Å². The molecule has 0 atom stereocenters. The first-order valence-electron chi connectivity index (χ1n) is 18.1. The number of aromatic nitrogens is 1. The molecule has 248 valence electrons. The highest BCUT2D eigenvalue weighted by Gasteiger charge is 2.19. The summed E-state index contributed by atoms with van der Waals surface area (Å²) in [7, 11) is -0.683. The second kappa shape index (κ2) is 13.3. The summed E-state index contributed by atoms with van der Waals surface area (Å²) in [6, 6.07) is 75.2. The Balaban J connectivity index is 1.12. The summed E-state index contributed by atoms with van der Waals surface area (Å²) in [4.78, 5) is 5.34. The largest absolute Gasteiger partial charge is 0.247 e. The molecule has 1 nitrogen and oxygen atoms in total. The Labute approximate surface area is 310 Å². The number of rotatable bonds is 6. The third kappa shape index (κ3) is 5.67. The fourth-order valence-corrected chi connectivity index (χ4v) is 10.2. The first-order chi connectivity index (χ1) is 26.3. The van der Waals surface area contributed by atoms with Gasteiger partial charge in [0.25, 0.3) is 0 Å². The maximum Gasteiger partial charge on any atom is 0.0788 e. The molecule has 0 aliphatic heterocycles. The van der Waals surface area contributed by atoms with Crippen molar-refractivity contribution < 1.29 is 0 Å². The molecule has 1 aromatic heterocycles. The smallest absolute Gasteiger partial charge is 0.0788 e. The van der Waals surface area contributed by atoms with E-state index in [2.05, 4.69) is 206 Å². The summed E-state index contributed by atoms with van der Waals surface area (Å²) in [5.74, 6) is 0. The predicted octanol–water partition coefficient (Wildman–Crippen LogP) is 12.5. The first kappa shape index (κ1) is 31.3. The van der Waals surface area contributed by atoms with E-state index in [1.54, 1.807) is 0 Å². The van der Waals surface area contributed by atoms with Gasteiger partial charge in [0.05, 0.1) is 11.2 Å². The Kier molecular flexibility index (Phi) is 7.86. The van der Waals surface area contributed by atoms with Gasteiger partial charge < -0.3 is 0 Å². The van der Waals surface area contributed by atoms with Crippen LogP contribution in [-0.4, -0.2) is 4.98 Å². The minimum Gasteiger partial charge on any atom is -0.247 e. The molecule has 0 saturated heterocycles. The van der Waals surface area contributed by atoms with Crippen molar-refractivity contribution >= 4 is 67.1 Å². The number of benzene rings is 9. The van der Waals surface area contributed by atoms with Gasteiger partial charge in [0.15, 0.2) is 0 Å². The van der Waals surface area contributed by atoms with E-state index in [0.29, 0.717) is 0 Å².